The number of fused-ring (bicyclic) bond motifs is 2. The number of nitrogens with one attached hydrogen (secondary N) is 3. The van der Waals surface area contributed by atoms with Crippen molar-refractivity contribution in [3.63, 3.8) is 0 Å². The van der Waals surface area contributed by atoms with Gasteiger partial charge in [-0.25, -0.2) is 26.4 Å². The van der Waals surface area contributed by atoms with Crippen LogP contribution in [0, 0.1) is 11.3 Å². The Morgan fingerprint density at radius 3 is 2.55 bits per heavy atom. The Bertz CT molecular complexity index is 1740. The second-order valence-corrected chi connectivity index (χ2v) is 17.4. The molecule has 16 nitrogen and oxygen atoms in total. The zero-order valence-corrected chi connectivity index (χ0v) is 30.4. The molecule has 3 aliphatic rings. The Morgan fingerprint density at radius 1 is 1.06 bits per heavy atom. The van der Waals surface area contributed by atoms with Crippen LogP contribution in [0.4, 0.5) is 4.79 Å². The van der Waals surface area contributed by atoms with Gasteiger partial charge in [-0.1, -0.05) is 44.2 Å². The van der Waals surface area contributed by atoms with Gasteiger partial charge in [0.1, 0.15) is 6.10 Å². The Labute approximate surface area is 298 Å². The molecule has 0 spiro atoms. The second kappa shape index (κ2) is 16.4. The van der Waals surface area contributed by atoms with E-state index in [-0.39, 0.29) is 49.5 Å². The van der Waals surface area contributed by atoms with E-state index in [1.807, 2.05) is 44.2 Å². The first-order valence-electron chi connectivity index (χ1n) is 16.6. The maximum Gasteiger partial charge on any atom is 0.407 e. The Morgan fingerprint density at radius 2 is 1.80 bits per heavy atom. The number of alkyl carbamates (subject to hydrolysis) is 1. The van der Waals surface area contributed by atoms with Gasteiger partial charge in [0.25, 0.3) is 0 Å². The average molecular weight is 755 g/mol. The molecule has 0 radical (unpaired) electrons. The molecule has 2 fully saturated rings. The molecule has 2 saturated heterocycles. The lowest BCUT2D eigenvalue weighted by atomic mass is 9.89. The smallest absolute Gasteiger partial charge is 0.407 e. The molecule has 2 aromatic carbocycles. The molecule has 3 aliphatic heterocycles. The number of aliphatic hydroxyl groups excluding tert-OH is 1. The van der Waals surface area contributed by atoms with Crippen LogP contribution in [0.5, 0.6) is 11.5 Å². The summed E-state index contributed by atoms with van der Waals surface area (Å²) in [7, 11) is -7.84. The van der Waals surface area contributed by atoms with Crippen molar-refractivity contribution < 1.29 is 55.2 Å². The lowest BCUT2D eigenvalue weighted by Gasteiger charge is -2.35. The Balaban J connectivity index is 1.34. The summed E-state index contributed by atoms with van der Waals surface area (Å²) in [6, 6.07) is 12.4. The number of aliphatic hydroxyl groups is 1. The molecule has 4 N–H and O–H groups in total. The van der Waals surface area contributed by atoms with Crippen LogP contribution in [0.1, 0.15) is 32.3 Å². The summed E-state index contributed by atoms with van der Waals surface area (Å²) >= 11 is 0. The summed E-state index contributed by atoms with van der Waals surface area (Å²) in [6.07, 6.45) is -1.04. The van der Waals surface area contributed by atoms with E-state index >= 15 is 0 Å². The first-order valence-corrected chi connectivity index (χ1v) is 20.0. The molecule has 3 heterocycles. The molecule has 2 aromatic rings. The van der Waals surface area contributed by atoms with Gasteiger partial charge in [-0.2, -0.15) is 4.31 Å². The second-order valence-electron chi connectivity index (χ2n) is 13.6. The SMILES string of the molecule is CC(C)(CCNC(=O)CNS(C)(=O)=O)CN(C[C@@H](O)[C@H](Cc1ccccc1)NC(=O)O[C@H]1CO[C@H]2OCC[C@H]21)S(=O)(=O)c1ccc2c(c1)OCO2. The highest BCUT2D eigenvalue weighted by Crippen LogP contribution is 2.36. The lowest BCUT2D eigenvalue weighted by Crippen LogP contribution is -2.52. The van der Waals surface area contributed by atoms with Gasteiger partial charge in [0.2, 0.25) is 32.7 Å². The molecular weight excluding hydrogens is 709 g/mol. The molecule has 2 amide bonds. The van der Waals surface area contributed by atoms with E-state index in [0.29, 0.717) is 25.2 Å². The normalized spacial score (nSPS) is 21.2. The fraction of sp³-hybridized carbons (Fsp3) is 0.576. The minimum Gasteiger partial charge on any atom is -0.454 e. The molecule has 0 unspecified atom stereocenters. The number of rotatable bonds is 17. The number of ether oxygens (including phenoxy) is 5. The van der Waals surface area contributed by atoms with Crippen LogP contribution in [0.15, 0.2) is 53.4 Å². The lowest BCUT2D eigenvalue weighted by molar-refractivity contribution is -0.120. The number of carbonyl (C=O) groups excluding carboxylic acids is 2. The highest BCUT2D eigenvalue weighted by Gasteiger charge is 2.44. The first kappa shape index (κ1) is 38.7. The van der Waals surface area contributed by atoms with Crippen LogP contribution < -0.4 is 24.8 Å². The highest BCUT2D eigenvalue weighted by molar-refractivity contribution is 7.89. The summed E-state index contributed by atoms with van der Waals surface area (Å²) < 4.78 is 82.2. The average Bonchev–Trinajstić information content (AvgIpc) is 3.82. The number of sulfonamides is 2. The van der Waals surface area contributed by atoms with Crippen molar-refractivity contribution in [1.29, 1.82) is 0 Å². The molecule has 5 atom stereocenters. The number of hydrogen-bond donors (Lipinski definition) is 4. The Hall–Kier alpha value is -3.52. The van der Waals surface area contributed by atoms with Crippen molar-refractivity contribution in [2.45, 2.75) is 62.5 Å². The molecule has 282 valence electrons. The van der Waals surface area contributed by atoms with Gasteiger partial charge >= 0.3 is 6.09 Å². The zero-order chi connectivity index (χ0) is 36.8. The van der Waals surface area contributed by atoms with Crippen LogP contribution in [0.2, 0.25) is 0 Å². The van der Waals surface area contributed by atoms with E-state index in [1.165, 1.54) is 18.2 Å². The fourth-order valence-electron chi connectivity index (χ4n) is 6.15. The molecule has 51 heavy (non-hydrogen) atoms. The number of benzene rings is 2. The molecule has 0 aliphatic carbocycles. The summed E-state index contributed by atoms with van der Waals surface area (Å²) in [5, 5.41) is 17.2. The van der Waals surface area contributed by atoms with Crippen LogP contribution in [-0.4, -0.2) is 115 Å². The summed E-state index contributed by atoms with van der Waals surface area (Å²) in [5.74, 6) is 0.0195. The molecule has 0 saturated carbocycles. The standard InChI is InChI=1S/C33H46N4O12S2/c1-33(2,12-13-34-30(39)17-35-50(3,41)42)20-37(51(43,44)23-9-10-27-28(16-23)48-21-47-27)18-26(38)25(15-22-7-5-4-6-8-22)36-32(40)49-29-19-46-31-24(29)11-14-45-31/h4-10,16,24-26,29,31,35,38H,11-15,17-21H2,1-3H3,(H,34,39)(H,36,40)/t24-,25-,26+,29-,31+/m0/s1. The largest absolute Gasteiger partial charge is 0.454 e. The van der Waals surface area contributed by atoms with Crippen LogP contribution in [0.3, 0.4) is 0 Å². The van der Waals surface area contributed by atoms with Crippen molar-refractivity contribution in [2.24, 2.45) is 11.3 Å². The van der Waals surface area contributed by atoms with Gasteiger partial charge in [0.15, 0.2) is 17.8 Å². The minimum absolute atomic E-state index is 0.0515. The van der Waals surface area contributed by atoms with Crippen molar-refractivity contribution in [1.82, 2.24) is 19.7 Å². The van der Waals surface area contributed by atoms with Gasteiger partial charge in [-0.05, 0) is 42.4 Å². The Kier molecular flexibility index (Phi) is 12.5. The van der Waals surface area contributed by atoms with Crippen LogP contribution >= 0.6 is 0 Å². The molecular formula is C33H46N4O12S2. The van der Waals surface area contributed by atoms with Gasteiger partial charge in [0.05, 0.1) is 49.0 Å². The van der Waals surface area contributed by atoms with E-state index in [2.05, 4.69) is 15.4 Å². The van der Waals surface area contributed by atoms with E-state index in [1.54, 1.807) is 0 Å². The van der Waals surface area contributed by atoms with E-state index in [4.69, 9.17) is 23.7 Å². The third-order valence-corrected chi connectivity index (χ3v) is 11.4. The number of hydrogen-bond acceptors (Lipinski definition) is 12. The number of carbonyl (C=O) groups is 2. The topological polar surface area (TPSA) is 208 Å². The van der Waals surface area contributed by atoms with Crippen molar-refractivity contribution in [3.8, 4) is 11.5 Å². The third kappa shape index (κ3) is 10.8. The minimum atomic E-state index is -4.28. The van der Waals surface area contributed by atoms with Gasteiger partial charge in [-0.3, -0.25) is 4.79 Å². The van der Waals surface area contributed by atoms with E-state index in [0.717, 1.165) is 16.1 Å². The summed E-state index contributed by atoms with van der Waals surface area (Å²) in [4.78, 5) is 25.4. The molecule has 18 heteroatoms. The predicted octanol–water partition coefficient (Wildman–Crippen LogP) is 0.948. The maximum absolute atomic E-state index is 14.3. The zero-order valence-electron chi connectivity index (χ0n) is 28.8. The summed E-state index contributed by atoms with van der Waals surface area (Å²) in [6.45, 7) is 3.44. The molecule has 0 aromatic heterocycles. The molecule has 5 rings (SSSR count). The van der Waals surface area contributed by atoms with Crippen molar-refractivity contribution in [3.05, 3.63) is 54.1 Å². The van der Waals surface area contributed by atoms with Crippen LogP contribution in [-0.2, 0) is 45.5 Å². The summed E-state index contributed by atoms with van der Waals surface area (Å²) in [5.41, 5.74) is 0.0338. The van der Waals surface area contributed by atoms with Crippen LogP contribution in [0.25, 0.3) is 0 Å². The quantitative estimate of drug-likeness (QED) is 0.178. The van der Waals surface area contributed by atoms with E-state index in [9.17, 15) is 31.5 Å². The first-order chi connectivity index (χ1) is 24.1. The highest BCUT2D eigenvalue weighted by atomic mass is 32.2. The third-order valence-electron chi connectivity index (χ3n) is 8.91. The van der Waals surface area contributed by atoms with E-state index < -0.39 is 75.1 Å². The fourth-order valence-corrected chi connectivity index (χ4v) is 8.20. The number of amides is 2. The maximum atomic E-state index is 14.3. The molecule has 0 bridgehead atoms. The predicted molar refractivity (Wildman–Crippen MR) is 183 cm³/mol. The van der Waals surface area contributed by atoms with Crippen molar-refractivity contribution in [2.75, 3.05) is 52.4 Å². The number of nitrogens with zero attached hydrogens (tertiary/aromatic N) is 1. The van der Waals surface area contributed by atoms with Gasteiger partial charge in [-0.15, -0.1) is 0 Å². The monoisotopic (exact) mass is 754 g/mol. The van der Waals surface area contributed by atoms with Gasteiger partial charge < -0.3 is 39.4 Å². The van der Waals surface area contributed by atoms with Gasteiger partial charge in [0, 0.05) is 25.7 Å². The van der Waals surface area contributed by atoms with Crippen molar-refractivity contribution >= 4 is 32.0 Å².